The van der Waals surface area contributed by atoms with Crippen LogP contribution in [0.3, 0.4) is 0 Å². The SMILES string of the molecule is C=C(C)C(=O)OC(OC(=O)C(=C)C)C(C)(c1ccc(OCCCO)cc1)c1ccc(OCCCO)cc1. The van der Waals surface area contributed by atoms with Gasteiger partial charge >= 0.3 is 11.9 Å². The molecule has 2 N–H and O–H groups in total. The standard InChI is InChI=1S/C29H36O8/c1-20(2)26(32)36-28(37-27(33)21(3)4)29(5,22-8-12-24(13-9-22)34-18-6-16-30)23-10-14-25(15-11-23)35-19-7-17-31/h8-15,28,30-31H,1,3,6-7,16-19H2,2,4-5H3. The topological polar surface area (TPSA) is 112 Å². The van der Waals surface area contributed by atoms with Gasteiger partial charge in [-0.3, -0.25) is 0 Å². The number of rotatable bonds is 15. The fourth-order valence-corrected chi connectivity index (χ4v) is 3.40. The number of hydrogen-bond acceptors (Lipinski definition) is 8. The molecule has 0 aromatic heterocycles. The monoisotopic (exact) mass is 512 g/mol. The van der Waals surface area contributed by atoms with E-state index in [1.807, 2.05) is 0 Å². The van der Waals surface area contributed by atoms with Crippen molar-refractivity contribution in [3.8, 4) is 11.5 Å². The Morgan fingerprint density at radius 2 is 1.11 bits per heavy atom. The normalized spacial score (nSPS) is 11.1. The summed E-state index contributed by atoms with van der Waals surface area (Å²) >= 11 is 0. The minimum atomic E-state index is -1.36. The quantitative estimate of drug-likeness (QED) is 0.159. The average molecular weight is 513 g/mol. The molecule has 0 atom stereocenters. The minimum absolute atomic E-state index is 0.0275. The van der Waals surface area contributed by atoms with E-state index >= 15 is 0 Å². The first kappa shape index (κ1) is 29.6. The number of carbonyl (C=O) groups excluding carboxylic acids is 2. The van der Waals surface area contributed by atoms with Crippen molar-refractivity contribution in [2.24, 2.45) is 0 Å². The highest BCUT2D eigenvalue weighted by atomic mass is 16.7. The molecule has 0 spiro atoms. The van der Waals surface area contributed by atoms with Crippen LogP contribution in [0.2, 0.25) is 0 Å². The highest BCUT2D eigenvalue weighted by molar-refractivity contribution is 5.89. The summed E-state index contributed by atoms with van der Waals surface area (Å²) in [6, 6.07) is 14.2. The zero-order chi connectivity index (χ0) is 27.4. The van der Waals surface area contributed by atoms with Crippen molar-refractivity contribution in [2.75, 3.05) is 26.4 Å². The Hall–Kier alpha value is -3.62. The third-order valence-corrected chi connectivity index (χ3v) is 5.65. The summed E-state index contributed by atoms with van der Waals surface area (Å²) in [4.78, 5) is 25.2. The lowest BCUT2D eigenvalue weighted by Crippen LogP contribution is -2.44. The number of hydrogen-bond donors (Lipinski definition) is 2. The van der Waals surface area contributed by atoms with Crippen molar-refractivity contribution in [1.29, 1.82) is 0 Å². The Morgan fingerprint density at radius 3 is 1.41 bits per heavy atom. The first-order valence-electron chi connectivity index (χ1n) is 12.0. The zero-order valence-electron chi connectivity index (χ0n) is 21.7. The van der Waals surface area contributed by atoms with Gasteiger partial charge in [0.25, 0.3) is 6.29 Å². The van der Waals surface area contributed by atoms with Crippen LogP contribution in [0.25, 0.3) is 0 Å². The molecule has 0 unspecified atom stereocenters. The second kappa shape index (κ2) is 14.2. The van der Waals surface area contributed by atoms with Crippen LogP contribution in [0.15, 0.2) is 72.8 Å². The lowest BCUT2D eigenvalue weighted by atomic mass is 9.75. The largest absolute Gasteiger partial charge is 0.494 e. The Bertz CT molecular complexity index is 975. The van der Waals surface area contributed by atoms with Crippen molar-refractivity contribution in [2.45, 2.75) is 45.3 Å². The number of aliphatic hydroxyl groups is 2. The molecule has 37 heavy (non-hydrogen) atoms. The molecule has 0 aliphatic carbocycles. The van der Waals surface area contributed by atoms with Crippen LogP contribution >= 0.6 is 0 Å². The van der Waals surface area contributed by atoms with Gasteiger partial charge in [0.2, 0.25) is 0 Å². The van der Waals surface area contributed by atoms with Crippen molar-refractivity contribution < 1.29 is 38.7 Å². The summed E-state index contributed by atoms with van der Waals surface area (Å²) in [5.41, 5.74) is 0.525. The molecule has 0 aliphatic rings. The van der Waals surface area contributed by atoms with E-state index in [1.165, 1.54) is 13.8 Å². The average Bonchev–Trinajstić information content (AvgIpc) is 2.88. The van der Waals surface area contributed by atoms with Crippen LogP contribution < -0.4 is 9.47 Å². The summed E-state index contributed by atoms with van der Waals surface area (Å²) in [5, 5.41) is 18.0. The van der Waals surface area contributed by atoms with Gasteiger partial charge in [-0.1, -0.05) is 37.4 Å². The summed E-state index contributed by atoms with van der Waals surface area (Å²) < 4.78 is 22.7. The molecule has 0 heterocycles. The van der Waals surface area contributed by atoms with Gasteiger partial charge in [0.15, 0.2) is 0 Å². The van der Waals surface area contributed by atoms with Gasteiger partial charge in [0, 0.05) is 37.2 Å². The van der Waals surface area contributed by atoms with E-state index in [-0.39, 0.29) is 24.4 Å². The number of aliphatic hydroxyl groups excluding tert-OH is 2. The van der Waals surface area contributed by atoms with Gasteiger partial charge in [-0.2, -0.15) is 0 Å². The van der Waals surface area contributed by atoms with Crippen molar-refractivity contribution >= 4 is 11.9 Å². The van der Waals surface area contributed by atoms with Gasteiger partial charge in [-0.05, 0) is 56.2 Å². The molecule has 0 fully saturated rings. The molecule has 8 heteroatoms. The second-order valence-electron chi connectivity index (χ2n) is 8.81. The molecule has 0 aliphatic heterocycles. The summed E-state index contributed by atoms with van der Waals surface area (Å²) in [5.74, 6) is -0.222. The number of carbonyl (C=O) groups is 2. The molecule has 0 saturated heterocycles. The van der Waals surface area contributed by atoms with Gasteiger partial charge in [0.1, 0.15) is 11.5 Å². The van der Waals surface area contributed by atoms with Crippen LogP contribution in [0, 0.1) is 0 Å². The number of esters is 2. The van der Waals surface area contributed by atoms with Crippen molar-refractivity contribution in [3.05, 3.63) is 84.0 Å². The van der Waals surface area contributed by atoms with E-state index in [0.717, 1.165) is 0 Å². The molecule has 200 valence electrons. The van der Waals surface area contributed by atoms with Gasteiger partial charge in [-0.25, -0.2) is 9.59 Å². The van der Waals surface area contributed by atoms with Crippen molar-refractivity contribution in [1.82, 2.24) is 0 Å². The maximum atomic E-state index is 12.6. The Balaban J connectivity index is 2.56. The number of ether oxygens (including phenoxy) is 4. The Morgan fingerprint density at radius 1 is 0.757 bits per heavy atom. The maximum Gasteiger partial charge on any atom is 0.336 e. The van der Waals surface area contributed by atoms with E-state index in [2.05, 4.69) is 13.2 Å². The van der Waals surface area contributed by atoms with Crippen molar-refractivity contribution in [3.63, 3.8) is 0 Å². The zero-order valence-corrected chi connectivity index (χ0v) is 21.7. The Labute approximate surface area is 218 Å². The first-order valence-corrected chi connectivity index (χ1v) is 12.0. The maximum absolute atomic E-state index is 12.6. The number of benzene rings is 2. The molecular formula is C29H36O8. The minimum Gasteiger partial charge on any atom is -0.494 e. The predicted octanol–water partition coefficient (Wildman–Crippen LogP) is 4.08. The third-order valence-electron chi connectivity index (χ3n) is 5.65. The highest BCUT2D eigenvalue weighted by Gasteiger charge is 2.44. The van der Waals surface area contributed by atoms with E-state index in [1.54, 1.807) is 55.5 Å². The third kappa shape index (κ3) is 8.20. The molecule has 2 aromatic rings. The summed E-state index contributed by atoms with van der Waals surface area (Å²) in [7, 11) is 0. The van der Waals surface area contributed by atoms with E-state index < -0.39 is 23.6 Å². The molecule has 2 rings (SSSR count). The van der Waals surface area contributed by atoms with Gasteiger partial charge in [0.05, 0.1) is 18.6 Å². The molecule has 2 aromatic carbocycles. The van der Waals surface area contributed by atoms with Gasteiger partial charge in [-0.15, -0.1) is 0 Å². The molecular weight excluding hydrogens is 476 g/mol. The van der Waals surface area contributed by atoms with Crippen LogP contribution in [-0.2, 0) is 24.5 Å². The molecule has 8 nitrogen and oxygen atoms in total. The summed E-state index contributed by atoms with van der Waals surface area (Å²) in [6.07, 6.45) is -0.354. The van der Waals surface area contributed by atoms with Crippen LogP contribution in [0.5, 0.6) is 11.5 Å². The molecule has 0 radical (unpaired) electrons. The Kier molecular flexibility index (Phi) is 11.4. The fraction of sp³-hybridized carbons (Fsp3) is 0.379. The summed E-state index contributed by atoms with van der Waals surface area (Å²) in [6.45, 7) is 12.9. The fourth-order valence-electron chi connectivity index (χ4n) is 3.40. The van der Waals surface area contributed by atoms with Crippen LogP contribution in [0.1, 0.15) is 44.7 Å². The van der Waals surface area contributed by atoms with E-state index in [0.29, 0.717) is 48.7 Å². The second-order valence-corrected chi connectivity index (χ2v) is 8.81. The van der Waals surface area contributed by atoms with E-state index in [4.69, 9.17) is 29.2 Å². The highest BCUT2D eigenvalue weighted by Crippen LogP contribution is 2.39. The van der Waals surface area contributed by atoms with Gasteiger partial charge < -0.3 is 29.2 Å². The lowest BCUT2D eigenvalue weighted by Gasteiger charge is -2.37. The smallest absolute Gasteiger partial charge is 0.336 e. The van der Waals surface area contributed by atoms with Crippen LogP contribution in [-0.4, -0.2) is 54.9 Å². The predicted molar refractivity (Wildman–Crippen MR) is 139 cm³/mol. The van der Waals surface area contributed by atoms with Crippen LogP contribution in [0.4, 0.5) is 0 Å². The molecule has 0 bridgehead atoms. The lowest BCUT2D eigenvalue weighted by molar-refractivity contribution is -0.192. The van der Waals surface area contributed by atoms with E-state index in [9.17, 15) is 9.59 Å². The first-order chi connectivity index (χ1) is 17.6. The molecule has 0 amide bonds. The molecule has 0 saturated carbocycles.